The number of rotatable bonds is 3. The summed E-state index contributed by atoms with van der Waals surface area (Å²) in [7, 11) is 0. The Morgan fingerprint density at radius 1 is 1.47 bits per heavy atom. The van der Waals surface area contributed by atoms with Gasteiger partial charge in [-0.25, -0.2) is 4.79 Å². The highest BCUT2D eigenvalue weighted by atomic mass is 16.4. The van der Waals surface area contributed by atoms with Crippen LogP contribution in [0, 0.1) is 5.41 Å². The molecule has 1 N–H and O–H groups in total. The first-order chi connectivity index (χ1) is 6.90. The van der Waals surface area contributed by atoms with E-state index in [2.05, 4.69) is 0 Å². The van der Waals surface area contributed by atoms with Gasteiger partial charge in [0.25, 0.3) is 0 Å². The van der Waals surface area contributed by atoms with Crippen LogP contribution in [0.2, 0.25) is 0 Å². The first-order valence-corrected chi connectivity index (χ1v) is 5.44. The minimum absolute atomic E-state index is 0.0325. The Kier molecular flexibility index (Phi) is 3.37. The molecule has 1 heterocycles. The zero-order valence-corrected chi connectivity index (χ0v) is 9.62. The Morgan fingerprint density at radius 2 is 2.07 bits per heavy atom. The molecule has 0 radical (unpaired) electrons. The van der Waals surface area contributed by atoms with Crippen LogP contribution in [0.4, 0.5) is 0 Å². The monoisotopic (exact) mass is 213 g/mol. The maximum Gasteiger partial charge on any atom is 0.326 e. The lowest BCUT2D eigenvalue weighted by Gasteiger charge is -2.30. The highest BCUT2D eigenvalue weighted by molar-refractivity contribution is 5.87. The summed E-state index contributed by atoms with van der Waals surface area (Å²) in [6.07, 6.45) is 2.11. The van der Waals surface area contributed by atoms with Crippen LogP contribution in [0.25, 0.3) is 0 Å². The average molecular weight is 213 g/mol. The summed E-state index contributed by atoms with van der Waals surface area (Å²) >= 11 is 0. The van der Waals surface area contributed by atoms with Gasteiger partial charge in [0.15, 0.2) is 0 Å². The van der Waals surface area contributed by atoms with Gasteiger partial charge in [-0.2, -0.15) is 0 Å². The predicted octanol–water partition coefficient (Wildman–Crippen LogP) is 1.50. The number of carbonyl (C=O) groups excluding carboxylic acids is 1. The molecule has 0 aliphatic carbocycles. The second-order valence-electron chi connectivity index (χ2n) is 4.73. The largest absolute Gasteiger partial charge is 0.480 e. The van der Waals surface area contributed by atoms with Crippen molar-refractivity contribution < 1.29 is 14.7 Å². The van der Waals surface area contributed by atoms with Crippen LogP contribution in [0.1, 0.15) is 40.0 Å². The smallest absolute Gasteiger partial charge is 0.326 e. The van der Waals surface area contributed by atoms with Crippen LogP contribution >= 0.6 is 0 Å². The van der Waals surface area contributed by atoms with E-state index in [1.165, 1.54) is 4.90 Å². The Balaban J connectivity index is 2.79. The first-order valence-electron chi connectivity index (χ1n) is 5.44. The molecule has 1 unspecified atom stereocenters. The van der Waals surface area contributed by atoms with Crippen molar-refractivity contribution in [2.45, 2.75) is 46.1 Å². The molecule has 15 heavy (non-hydrogen) atoms. The topological polar surface area (TPSA) is 57.6 Å². The number of carbonyl (C=O) groups is 2. The minimum atomic E-state index is -0.882. The van der Waals surface area contributed by atoms with E-state index in [-0.39, 0.29) is 5.91 Å². The number of carboxylic acids is 1. The van der Waals surface area contributed by atoms with Gasteiger partial charge in [0.1, 0.15) is 6.04 Å². The van der Waals surface area contributed by atoms with Gasteiger partial charge in [-0.3, -0.25) is 4.79 Å². The summed E-state index contributed by atoms with van der Waals surface area (Å²) in [5, 5.41) is 8.98. The first kappa shape index (κ1) is 12.0. The van der Waals surface area contributed by atoms with E-state index in [4.69, 9.17) is 5.11 Å². The van der Waals surface area contributed by atoms with Gasteiger partial charge in [-0.05, 0) is 19.3 Å². The molecule has 1 fully saturated rings. The second-order valence-corrected chi connectivity index (χ2v) is 4.73. The lowest BCUT2D eigenvalue weighted by atomic mass is 9.88. The molecule has 0 aromatic carbocycles. The third-order valence-electron chi connectivity index (χ3n) is 3.26. The summed E-state index contributed by atoms with van der Waals surface area (Å²) in [5.74, 6) is -0.914. The van der Waals surface area contributed by atoms with Crippen molar-refractivity contribution in [2.75, 3.05) is 6.54 Å². The summed E-state index contributed by atoms with van der Waals surface area (Å²) in [6.45, 7) is 6.27. The van der Waals surface area contributed by atoms with Crippen molar-refractivity contribution in [1.82, 2.24) is 4.90 Å². The summed E-state index contributed by atoms with van der Waals surface area (Å²) in [4.78, 5) is 24.5. The zero-order valence-electron chi connectivity index (χ0n) is 9.62. The molecule has 1 aliphatic rings. The molecule has 4 heteroatoms. The van der Waals surface area contributed by atoms with Gasteiger partial charge in [0.05, 0.1) is 0 Å². The van der Waals surface area contributed by atoms with E-state index in [0.29, 0.717) is 13.0 Å². The van der Waals surface area contributed by atoms with Gasteiger partial charge >= 0.3 is 5.97 Å². The minimum Gasteiger partial charge on any atom is -0.480 e. The van der Waals surface area contributed by atoms with Crippen LogP contribution in [-0.2, 0) is 9.59 Å². The van der Waals surface area contributed by atoms with Crippen LogP contribution in [0.15, 0.2) is 0 Å². The highest BCUT2D eigenvalue weighted by Gasteiger charge is 2.39. The van der Waals surface area contributed by atoms with Gasteiger partial charge in [-0.15, -0.1) is 0 Å². The molecule has 4 nitrogen and oxygen atoms in total. The van der Waals surface area contributed by atoms with Crippen molar-refractivity contribution in [3.63, 3.8) is 0 Å². The third kappa shape index (κ3) is 2.30. The van der Waals surface area contributed by atoms with Crippen molar-refractivity contribution in [2.24, 2.45) is 5.41 Å². The highest BCUT2D eigenvalue weighted by Crippen LogP contribution is 2.28. The maximum atomic E-state index is 12.1. The summed E-state index contributed by atoms with van der Waals surface area (Å²) < 4.78 is 0. The lowest BCUT2D eigenvalue weighted by Crippen LogP contribution is -2.46. The van der Waals surface area contributed by atoms with E-state index >= 15 is 0 Å². The maximum absolute atomic E-state index is 12.1. The summed E-state index contributed by atoms with van der Waals surface area (Å²) in [6, 6.07) is -0.608. The fraction of sp³-hybridized carbons (Fsp3) is 0.818. The molecule has 1 aliphatic heterocycles. The zero-order chi connectivity index (χ0) is 11.6. The Morgan fingerprint density at radius 3 is 2.53 bits per heavy atom. The number of amides is 1. The quantitative estimate of drug-likeness (QED) is 0.772. The molecular weight excluding hydrogens is 194 g/mol. The standard InChI is InChI=1S/C11H19NO3/c1-4-11(2,3)10(15)12-7-5-6-8(12)9(13)14/h8H,4-7H2,1-3H3,(H,13,14). The Bertz CT molecular complexity index is 273. The number of hydrogen-bond donors (Lipinski definition) is 1. The Labute approximate surface area is 90.3 Å². The molecule has 1 rings (SSSR count). The molecule has 0 aromatic rings. The molecule has 1 saturated heterocycles. The average Bonchev–Trinajstić information content (AvgIpc) is 2.64. The normalized spacial score (nSPS) is 21.8. The molecular formula is C11H19NO3. The van der Waals surface area contributed by atoms with Crippen LogP contribution in [0.5, 0.6) is 0 Å². The number of nitrogens with zero attached hydrogens (tertiary/aromatic N) is 1. The molecule has 0 bridgehead atoms. The Hall–Kier alpha value is -1.06. The van der Waals surface area contributed by atoms with Crippen LogP contribution in [0.3, 0.4) is 0 Å². The van der Waals surface area contributed by atoms with E-state index in [0.717, 1.165) is 12.8 Å². The SMILES string of the molecule is CCC(C)(C)C(=O)N1CCCC1C(=O)O. The molecule has 1 atom stereocenters. The van der Waals surface area contributed by atoms with Crippen molar-refractivity contribution in [1.29, 1.82) is 0 Å². The number of likely N-dealkylation sites (tertiary alicyclic amines) is 1. The number of carboxylic acid groups (broad SMARTS) is 1. The predicted molar refractivity (Wildman–Crippen MR) is 56.4 cm³/mol. The van der Waals surface area contributed by atoms with E-state index in [1.807, 2.05) is 20.8 Å². The van der Waals surface area contributed by atoms with Crippen LogP contribution in [-0.4, -0.2) is 34.5 Å². The molecule has 0 saturated carbocycles. The van der Waals surface area contributed by atoms with Crippen LogP contribution < -0.4 is 0 Å². The van der Waals surface area contributed by atoms with Crippen molar-refractivity contribution in [3.8, 4) is 0 Å². The third-order valence-corrected chi connectivity index (χ3v) is 3.26. The van der Waals surface area contributed by atoms with Gasteiger partial charge in [0.2, 0.25) is 5.91 Å². The molecule has 0 spiro atoms. The molecule has 86 valence electrons. The van der Waals surface area contributed by atoms with E-state index in [9.17, 15) is 9.59 Å². The summed E-state index contributed by atoms with van der Waals surface area (Å²) in [5.41, 5.74) is -0.446. The van der Waals surface area contributed by atoms with Gasteiger partial charge in [-0.1, -0.05) is 20.8 Å². The lowest BCUT2D eigenvalue weighted by molar-refractivity contribution is -0.152. The van der Waals surface area contributed by atoms with Crippen molar-refractivity contribution in [3.05, 3.63) is 0 Å². The number of aliphatic carboxylic acids is 1. The molecule has 1 amide bonds. The van der Waals surface area contributed by atoms with E-state index in [1.54, 1.807) is 0 Å². The fourth-order valence-electron chi connectivity index (χ4n) is 1.81. The van der Waals surface area contributed by atoms with E-state index < -0.39 is 17.4 Å². The fourth-order valence-corrected chi connectivity index (χ4v) is 1.81. The van der Waals surface area contributed by atoms with Gasteiger partial charge in [0, 0.05) is 12.0 Å². The molecule has 0 aromatic heterocycles. The van der Waals surface area contributed by atoms with Gasteiger partial charge < -0.3 is 10.0 Å². The second kappa shape index (κ2) is 4.21. The van der Waals surface area contributed by atoms with Crippen molar-refractivity contribution >= 4 is 11.9 Å². The number of hydrogen-bond acceptors (Lipinski definition) is 2.